The summed E-state index contributed by atoms with van der Waals surface area (Å²) in [5.41, 5.74) is 0. The minimum absolute atomic E-state index is 0.481. The second-order valence-electron chi connectivity index (χ2n) is 4.50. The number of nitrogens with one attached hydrogen (secondary N) is 1. The van der Waals surface area contributed by atoms with Crippen LogP contribution in [0.1, 0.15) is 32.6 Å². The molecule has 0 spiro atoms. The SMILES string of the molecule is CCCNCCN(C)CC1CCCCO1. The molecule has 3 nitrogen and oxygen atoms in total. The molecule has 1 unspecified atom stereocenters. The monoisotopic (exact) mass is 214 g/mol. The number of likely N-dealkylation sites (N-methyl/N-ethyl adjacent to an activating group) is 1. The van der Waals surface area contributed by atoms with Crippen molar-refractivity contribution in [1.29, 1.82) is 0 Å². The highest BCUT2D eigenvalue weighted by atomic mass is 16.5. The van der Waals surface area contributed by atoms with E-state index in [1.165, 1.54) is 25.7 Å². The van der Waals surface area contributed by atoms with E-state index in [1.54, 1.807) is 0 Å². The molecule has 0 aromatic rings. The first-order chi connectivity index (χ1) is 7.33. The summed E-state index contributed by atoms with van der Waals surface area (Å²) >= 11 is 0. The van der Waals surface area contributed by atoms with Gasteiger partial charge in [-0.25, -0.2) is 0 Å². The lowest BCUT2D eigenvalue weighted by molar-refractivity contribution is -0.00121. The van der Waals surface area contributed by atoms with Gasteiger partial charge in [0.25, 0.3) is 0 Å². The van der Waals surface area contributed by atoms with Crippen molar-refractivity contribution in [2.24, 2.45) is 0 Å². The van der Waals surface area contributed by atoms with Gasteiger partial charge in [0.2, 0.25) is 0 Å². The summed E-state index contributed by atoms with van der Waals surface area (Å²) in [6.07, 6.45) is 5.53. The molecule has 0 aromatic heterocycles. The van der Waals surface area contributed by atoms with E-state index in [0.29, 0.717) is 6.10 Å². The van der Waals surface area contributed by atoms with Gasteiger partial charge >= 0.3 is 0 Å². The van der Waals surface area contributed by atoms with Crippen LogP contribution >= 0.6 is 0 Å². The normalized spacial score (nSPS) is 22.2. The first kappa shape index (κ1) is 12.9. The van der Waals surface area contributed by atoms with Gasteiger partial charge in [0, 0.05) is 26.2 Å². The van der Waals surface area contributed by atoms with E-state index in [-0.39, 0.29) is 0 Å². The molecule has 1 N–H and O–H groups in total. The fraction of sp³-hybridized carbons (Fsp3) is 1.00. The summed E-state index contributed by atoms with van der Waals surface area (Å²) in [4.78, 5) is 2.37. The van der Waals surface area contributed by atoms with Crippen LogP contribution in [0.2, 0.25) is 0 Å². The summed E-state index contributed by atoms with van der Waals surface area (Å²) in [7, 11) is 2.19. The molecule has 0 radical (unpaired) electrons. The summed E-state index contributed by atoms with van der Waals surface area (Å²) in [6.45, 7) is 7.61. The molecular formula is C12H26N2O. The van der Waals surface area contributed by atoms with Gasteiger partial charge in [-0.3, -0.25) is 0 Å². The Morgan fingerprint density at radius 3 is 2.87 bits per heavy atom. The summed E-state index contributed by atoms with van der Waals surface area (Å²) in [5, 5.41) is 3.42. The van der Waals surface area contributed by atoms with E-state index < -0.39 is 0 Å². The minimum Gasteiger partial charge on any atom is -0.377 e. The van der Waals surface area contributed by atoms with Gasteiger partial charge in [-0.2, -0.15) is 0 Å². The zero-order chi connectivity index (χ0) is 10.9. The zero-order valence-electron chi connectivity index (χ0n) is 10.3. The number of nitrogens with zero attached hydrogens (tertiary/aromatic N) is 1. The second kappa shape index (κ2) is 8.08. The van der Waals surface area contributed by atoms with Crippen molar-refractivity contribution in [3.63, 3.8) is 0 Å². The Labute approximate surface area is 94.2 Å². The van der Waals surface area contributed by atoms with Crippen molar-refractivity contribution in [2.45, 2.75) is 38.7 Å². The predicted octanol–water partition coefficient (Wildman–Crippen LogP) is 1.49. The molecule has 3 heteroatoms. The summed E-state index contributed by atoms with van der Waals surface area (Å²) in [6, 6.07) is 0. The van der Waals surface area contributed by atoms with Gasteiger partial charge in [0.1, 0.15) is 0 Å². The van der Waals surface area contributed by atoms with Gasteiger partial charge < -0.3 is 15.0 Å². The van der Waals surface area contributed by atoms with Crippen LogP contribution < -0.4 is 5.32 Å². The summed E-state index contributed by atoms with van der Waals surface area (Å²) in [5.74, 6) is 0. The van der Waals surface area contributed by atoms with Crippen LogP contribution in [-0.2, 0) is 4.74 Å². The Morgan fingerprint density at radius 1 is 1.33 bits per heavy atom. The highest BCUT2D eigenvalue weighted by molar-refractivity contribution is 4.67. The molecule has 0 saturated carbocycles. The first-order valence-electron chi connectivity index (χ1n) is 6.33. The molecule has 1 saturated heterocycles. The molecule has 1 fully saturated rings. The molecule has 0 aliphatic carbocycles. The topological polar surface area (TPSA) is 24.5 Å². The minimum atomic E-state index is 0.481. The molecule has 1 atom stereocenters. The molecular weight excluding hydrogens is 188 g/mol. The average molecular weight is 214 g/mol. The van der Waals surface area contributed by atoms with E-state index in [4.69, 9.17) is 4.74 Å². The average Bonchev–Trinajstić information content (AvgIpc) is 2.26. The third kappa shape index (κ3) is 6.13. The van der Waals surface area contributed by atoms with E-state index in [9.17, 15) is 0 Å². The maximum atomic E-state index is 5.71. The largest absolute Gasteiger partial charge is 0.377 e. The standard InChI is InChI=1S/C12H26N2O/c1-3-7-13-8-9-14(2)11-12-6-4-5-10-15-12/h12-13H,3-11H2,1-2H3. The molecule has 0 aromatic carbocycles. The molecule has 90 valence electrons. The number of hydrogen-bond donors (Lipinski definition) is 1. The zero-order valence-corrected chi connectivity index (χ0v) is 10.3. The van der Waals surface area contributed by atoms with Gasteiger partial charge in [0.05, 0.1) is 6.10 Å². The highest BCUT2D eigenvalue weighted by Crippen LogP contribution is 2.12. The molecule has 1 aliphatic heterocycles. The van der Waals surface area contributed by atoms with Crippen LogP contribution in [0, 0.1) is 0 Å². The van der Waals surface area contributed by atoms with E-state index in [2.05, 4.69) is 24.2 Å². The Hall–Kier alpha value is -0.120. The third-order valence-corrected chi connectivity index (χ3v) is 2.89. The van der Waals surface area contributed by atoms with Crippen molar-refractivity contribution >= 4 is 0 Å². The fourth-order valence-electron chi connectivity index (χ4n) is 1.96. The molecule has 15 heavy (non-hydrogen) atoms. The smallest absolute Gasteiger partial charge is 0.0701 e. The lowest BCUT2D eigenvalue weighted by Gasteiger charge is -2.27. The van der Waals surface area contributed by atoms with Crippen molar-refractivity contribution in [2.75, 3.05) is 39.8 Å². The van der Waals surface area contributed by atoms with E-state index in [0.717, 1.165) is 32.8 Å². The Bertz CT molecular complexity index is 147. The maximum Gasteiger partial charge on any atom is 0.0701 e. The Kier molecular flexibility index (Phi) is 6.98. The number of ether oxygens (including phenoxy) is 1. The van der Waals surface area contributed by atoms with E-state index >= 15 is 0 Å². The van der Waals surface area contributed by atoms with Gasteiger partial charge in [-0.15, -0.1) is 0 Å². The molecule has 1 rings (SSSR count). The van der Waals surface area contributed by atoms with Gasteiger partial charge in [-0.1, -0.05) is 6.92 Å². The van der Waals surface area contributed by atoms with E-state index in [1.807, 2.05) is 0 Å². The van der Waals surface area contributed by atoms with Gasteiger partial charge in [0.15, 0.2) is 0 Å². The van der Waals surface area contributed by atoms with Crippen molar-refractivity contribution in [3.05, 3.63) is 0 Å². The van der Waals surface area contributed by atoms with Crippen LogP contribution in [0.5, 0.6) is 0 Å². The lowest BCUT2D eigenvalue weighted by atomic mass is 10.1. The molecule has 1 aliphatic rings. The van der Waals surface area contributed by atoms with Crippen LogP contribution in [-0.4, -0.2) is 50.8 Å². The van der Waals surface area contributed by atoms with Crippen LogP contribution in [0.25, 0.3) is 0 Å². The first-order valence-corrected chi connectivity index (χ1v) is 6.33. The Morgan fingerprint density at radius 2 is 2.20 bits per heavy atom. The maximum absolute atomic E-state index is 5.71. The van der Waals surface area contributed by atoms with Crippen molar-refractivity contribution in [1.82, 2.24) is 10.2 Å². The highest BCUT2D eigenvalue weighted by Gasteiger charge is 2.15. The molecule has 0 bridgehead atoms. The quantitative estimate of drug-likeness (QED) is 0.650. The van der Waals surface area contributed by atoms with Crippen LogP contribution in [0.4, 0.5) is 0 Å². The summed E-state index contributed by atoms with van der Waals surface area (Å²) < 4.78 is 5.71. The molecule has 0 amide bonds. The fourth-order valence-corrected chi connectivity index (χ4v) is 1.96. The lowest BCUT2D eigenvalue weighted by Crippen LogP contribution is -2.37. The number of rotatable bonds is 7. The second-order valence-corrected chi connectivity index (χ2v) is 4.50. The number of hydrogen-bond acceptors (Lipinski definition) is 3. The van der Waals surface area contributed by atoms with Gasteiger partial charge in [-0.05, 0) is 39.3 Å². The third-order valence-electron chi connectivity index (χ3n) is 2.89. The Balaban J connectivity index is 1.98. The van der Waals surface area contributed by atoms with Crippen LogP contribution in [0.15, 0.2) is 0 Å². The predicted molar refractivity (Wildman–Crippen MR) is 64.2 cm³/mol. The van der Waals surface area contributed by atoms with Crippen LogP contribution in [0.3, 0.4) is 0 Å². The van der Waals surface area contributed by atoms with Crippen molar-refractivity contribution < 1.29 is 4.74 Å². The molecule has 1 heterocycles. The van der Waals surface area contributed by atoms with Crippen molar-refractivity contribution in [3.8, 4) is 0 Å².